The predicted molar refractivity (Wildman–Crippen MR) is 92.2 cm³/mol. The van der Waals surface area contributed by atoms with Gasteiger partial charge in [-0.25, -0.2) is 13.0 Å². The number of aromatic nitrogens is 1. The van der Waals surface area contributed by atoms with E-state index >= 15 is 0 Å². The number of hydrogen-bond acceptors (Lipinski definition) is 4. The highest BCUT2D eigenvalue weighted by Crippen LogP contribution is 2.47. The zero-order chi connectivity index (χ0) is 18.6. The second-order valence-electron chi connectivity index (χ2n) is 7.50. The fourth-order valence-corrected chi connectivity index (χ4v) is 6.20. The molecule has 3 heterocycles. The minimum Gasteiger partial charge on any atom is -1.00 e. The highest BCUT2D eigenvalue weighted by molar-refractivity contribution is 7.92. The maximum absolute atomic E-state index is 12.8. The van der Waals surface area contributed by atoms with Gasteiger partial charge in [0.25, 0.3) is 5.91 Å². The second-order valence-corrected chi connectivity index (χ2v) is 10.2. The van der Waals surface area contributed by atoms with E-state index in [4.69, 9.17) is 11.6 Å². The molecule has 0 N–H and O–H groups in total. The van der Waals surface area contributed by atoms with Gasteiger partial charge in [-0.3, -0.25) is 14.5 Å². The number of carbonyl (C=O) groups excluding carboxylic acids is 2. The minimum atomic E-state index is -3.77. The van der Waals surface area contributed by atoms with Crippen LogP contribution in [0.5, 0.6) is 0 Å². The molecule has 2 aliphatic heterocycles. The average molecular weight is 419 g/mol. The molecular weight excluding hydrogens is 399 g/mol. The molecule has 1 amide bonds. The molecule has 2 aliphatic rings. The standard InChI is InChI=1S/C17H20ClN2O4S.ClH/c1-16(2,3)13(21)17(18)14(22)20-10-12(11-25(23,24)15(17)20)9-19-7-5-4-6-8-19;/h4-8,10,15H,9,11H2,1-3H3;1H/q+1;/p-1/t15-,17-;/m0./s1. The number of pyridine rings is 1. The number of rotatable bonds is 3. The third-order valence-corrected chi connectivity index (χ3v) is 7.07. The second kappa shape index (κ2) is 6.62. The molecule has 0 bridgehead atoms. The van der Waals surface area contributed by atoms with Gasteiger partial charge in [-0.2, -0.15) is 0 Å². The van der Waals surface area contributed by atoms with Crippen molar-refractivity contribution in [1.29, 1.82) is 0 Å². The fraction of sp³-hybridized carbons (Fsp3) is 0.471. The summed E-state index contributed by atoms with van der Waals surface area (Å²) in [5.41, 5.74) is -0.342. The predicted octanol–water partition coefficient (Wildman–Crippen LogP) is -1.95. The molecule has 1 aromatic heterocycles. The van der Waals surface area contributed by atoms with Crippen LogP contribution in [0.3, 0.4) is 0 Å². The van der Waals surface area contributed by atoms with Crippen LogP contribution in [0.1, 0.15) is 20.8 Å². The summed E-state index contributed by atoms with van der Waals surface area (Å²) < 4.78 is 27.3. The Kier molecular flexibility index (Phi) is 5.31. The van der Waals surface area contributed by atoms with E-state index in [1.54, 1.807) is 20.8 Å². The van der Waals surface area contributed by atoms with E-state index < -0.39 is 37.2 Å². The van der Waals surface area contributed by atoms with Gasteiger partial charge in [0.15, 0.2) is 39.9 Å². The summed E-state index contributed by atoms with van der Waals surface area (Å²) in [5.74, 6) is -1.46. The molecule has 26 heavy (non-hydrogen) atoms. The van der Waals surface area contributed by atoms with Gasteiger partial charge < -0.3 is 12.4 Å². The Labute approximate surface area is 164 Å². The van der Waals surface area contributed by atoms with Crippen molar-refractivity contribution < 1.29 is 35.0 Å². The number of hydrogen-bond donors (Lipinski definition) is 0. The highest BCUT2D eigenvalue weighted by Gasteiger charge is 2.71. The van der Waals surface area contributed by atoms with Crippen molar-refractivity contribution in [1.82, 2.24) is 4.90 Å². The third-order valence-electron chi connectivity index (χ3n) is 4.36. The SMILES string of the molecule is CC(C)(C)C(=O)[C@]1(Cl)C(=O)N2C=C(C[n+]3ccccc3)CS(=O)(=O)[C@H]21.[Cl-]. The Morgan fingerprint density at radius 3 is 2.42 bits per heavy atom. The average Bonchev–Trinajstić information content (AvgIpc) is 2.51. The molecule has 0 radical (unpaired) electrons. The molecule has 0 aliphatic carbocycles. The van der Waals surface area contributed by atoms with Gasteiger partial charge in [0, 0.05) is 29.3 Å². The van der Waals surface area contributed by atoms with Crippen LogP contribution in [0.15, 0.2) is 42.4 Å². The number of sulfone groups is 1. The van der Waals surface area contributed by atoms with Crippen LogP contribution in [0.2, 0.25) is 0 Å². The number of amides is 1. The lowest BCUT2D eigenvalue weighted by Gasteiger charge is -2.52. The monoisotopic (exact) mass is 418 g/mol. The van der Waals surface area contributed by atoms with Crippen LogP contribution in [0.25, 0.3) is 0 Å². The van der Waals surface area contributed by atoms with Crippen molar-refractivity contribution in [3.8, 4) is 0 Å². The van der Waals surface area contributed by atoms with E-state index in [0.29, 0.717) is 12.1 Å². The molecule has 1 fully saturated rings. The first-order valence-corrected chi connectivity index (χ1v) is 9.99. The van der Waals surface area contributed by atoms with E-state index in [1.807, 2.05) is 35.2 Å². The van der Waals surface area contributed by atoms with E-state index in [0.717, 1.165) is 4.90 Å². The molecule has 0 aromatic carbocycles. The van der Waals surface area contributed by atoms with Gasteiger partial charge in [-0.1, -0.05) is 38.4 Å². The first kappa shape index (κ1) is 20.9. The van der Waals surface area contributed by atoms with E-state index in [2.05, 4.69) is 0 Å². The molecular formula is C17H20Cl2N2O4S. The lowest BCUT2D eigenvalue weighted by molar-refractivity contribution is -0.689. The molecule has 2 atom stereocenters. The summed E-state index contributed by atoms with van der Waals surface area (Å²) in [6.07, 6.45) is 5.14. The van der Waals surface area contributed by atoms with E-state index in [9.17, 15) is 18.0 Å². The van der Waals surface area contributed by atoms with Crippen molar-refractivity contribution in [3.05, 3.63) is 42.4 Å². The van der Waals surface area contributed by atoms with Crippen LogP contribution in [-0.4, -0.2) is 41.0 Å². The number of fused-ring (bicyclic) bond motifs is 1. The Morgan fingerprint density at radius 2 is 1.88 bits per heavy atom. The zero-order valence-corrected chi connectivity index (χ0v) is 17.0. The Bertz CT molecular complexity index is 878. The molecule has 1 aromatic rings. The first-order chi connectivity index (χ1) is 11.5. The number of halogens is 2. The smallest absolute Gasteiger partial charge is 0.259 e. The number of β-lactam (4-membered cyclic amide) rings is 1. The van der Waals surface area contributed by atoms with Crippen LogP contribution in [-0.2, 0) is 26.0 Å². The van der Waals surface area contributed by atoms with Gasteiger partial charge in [-0.15, -0.1) is 0 Å². The number of Topliss-reactive ketones (excluding diaryl/α,β-unsaturated/α-hetero) is 1. The van der Waals surface area contributed by atoms with Crippen LogP contribution in [0, 0.1) is 5.41 Å². The summed E-state index contributed by atoms with van der Waals surface area (Å²) >= 11 is 6.30. The lowest BCUT2D eigenvalue weighted by Crippen LogP contribution is -3.00. The maximum atomic E-state index is 12.8. The van der Waals surface area contributed by atoms with Gasteiger partial charge in [0.2, 0.25) is 4.87 Å². The Hall–Kier alpha value is -1.44. The molecule has 0 spiro atoms. The van der Waals surface area contributed by atoms with E-state index in [1.165, 1.54) is 6.20 Å². The van der Waals surface area contributed by atoms with Crippen LogP contribution in [0.4, 0.5) is 0 Å². The molecule has 142 valence electrons. The summed E-state index contributed by atoms with van der Waals surface area (Å²) in [5, 5.41) is -1.33. The Balaban J connectivity index is 0.00000243. The van der Waals surface area contributed by atoms with Gasteiger partial charge in [0.1, 0.15) is 0 Å². The van der Waals surface area contributed by atoms with Crippen molar-refractivity contribution in [2.24, 2.45) is 5.41 Å². The van der Waals surface area contributed by atoms with Gasteiger partial charge >= 0.3 is 0 Å². The summed E-state index contributed by atoms with van der Waals surface area (Å²) in [4.78, 5) is 24.2. The normalized spacial score (nSPS) is 26.9. The first-order valence-electron chi connectivity index (χ1n) is 7.90. The van der Waals surface area contributed by atoms with Crippen LogP contribution < -0.4 is 17.0 Å². The highest BCUT2D eigenvalue weighted by atomic mass is 35.5. The number of carbonyl (C=O) groups is 2. The molecule has 1 saturated heterocycles. The van der Waals surface area contributed by atoms with Gasteiger partial charge in [-0.05, 0) is 0 Å². The third kappa shape index (κ3) is 3.17. The van der Waals surface area contributed by atoms with E-state index in [-0.39, 0.29) is 18.2 Å². The Morgan fingerprint density at radius 1 is 1.31 bits per heavy atom. The quantitative estimate of drug-likeness (QED) is 0.247. The van der Waals surface area contributed by atoms with Crippen molar-refractivity contribution >= 4 is 33.1 Å². The fourth-order valence-electron chi connectivity index (χ4n) is 3.26. The minimum absolute atomic E-state index is 0. The summed E-state index contributed by atoms with van der Waals surface area (Å²) in [6.45, 7) is 5.22. The summed E-state index contributed by atoms with van der Waals surface area (Å²) in [6, 6.07) is 5.53. The van der Waals surface area contributed by atoms with Crippen molar-refractivity contribution in [2.45, 2.75) is 37.6 Å². The molecule has 6 nitrogen and oxygen atoms in total. The lowest BCUT2D eigenvalue weighted by atomic mass is 9.78. The number of ketones is 1. The molecule has 0 saturated carbocycles. The maximum Gasteiger partial charge on any atom is 0.259 e. The van der Waals surface area contributed by atoms with Crippen molar-refractivity contribution in [2.75, 3.05) is 5.75 Å². The summed E-state index contributed by atoms with van der Waals surface area (Å²) in [7, 11) is -3.77. The number of alkyl halides is 1. The zero-order valence-electron chi connectivity index (χ0n) is 14.6. The number of nitrogens with zero attached hydrogens (tertiary/aromatic N) is 2. The topological polar surface area (TPSA) is 75.4 Å². The van der Waals surface area contributed by atoms with Crippen molar-refractivity contribution in [3.63, 3.8) is 0 Å². The van der Waals surface area contributed by atoms with Crippen LogP contribution >= 0.6 is 11.6 Å². The molecule has 9 heteroatoms. The molecule has 3 rings (SSSR count). The molecule has 0 unspecified atom stereocenters. The van der Waals surface area contributed by atoms with Gasteiger partial charge in [0.05, 0.1) is 5.75 Å². The largest absolute Gasteiger partial charge is 1.00 e.